The molecule has 2 heterocycles. The van der Waals surface area contributed by atoms with Gasteiger partial charge in [0.25, 0.3) is 5.91 Å². The number of hydrogen-bond acceptors (Lipinski definition) is 5. The maximum Gasteiger partial charge on any atom is 0.251 e. The summed E-state index contributed by atoms with van der Waals surface area (Å²) in [6.45, 7) is 2.31. The summed E-state index contributed by atoms with van der Waals surface area (Å²) < 4.78 is 5.35. The molecule has 0 fully saturated rings. The first-order valence-corrected chi connectivity index (χ1v) is 7.80. The van der Waals surface area contributed by atoms with Gasteiger partial charge in [-0.15, -0.1) is 0 Å². The molecule has 2 aromatic carbocycles. The van der Waals surface area contributed by atoms with Crippen LogP contribution in [0.4, 0.5) is 0 Å². The Morgan fingerprint density at radius 3 is 2.72 bits per heavy atom. The number of rotatable bonds is 4. The molecular weight excluding hydrogens is 318 g/mol. The maximum atomic E-state index is 12.3. The van der Waals surface area contributed by atoms with Gasteiger partial charge in [-0.05, 0) is 25.1 Å². The molecule has 4 rings (SSSR count). The minimum Gasteiger partial charge on any atom is -0.356 e. The number of benzene rings is 2. The molecule has 0 saturated heterocycles. The van der Waals surface area contributed by atoms with Crippen LogP contribution in [0.1, 0.15) is 21.6 Å². The molecule has 0 spiro atoms. The first kappa shape index (κ1) is 15.1. The van der Waals surface area contributed by atoms with Gasteiger partial charge in [0.15, 0.2) is 5.76 Å². The normalized spacial score (nSPS) is 10.9. The summed E-state index contributed by atoms with van der Waals surface area (Å²) in [6, 6.07) is 15.0. The van der Waals surface area contributed by atoms with Crippen molar-refractivity contribution in [3.8, 4) is 11.3 Å². The number of carbonyl (C=O) groups is 1. The fourth-order valence-corrected chi connectivity index (χ4v) is 2.50. The molecule has 0 saturated carbocycles. The van der Waals surface area contributed by atoms with E-state index in [4.69, 9.17) is 4.52 Å². The Morgan fingerprint density at radius 1 is 1.08 bits per heavy atom. The number of aromatic amines is 1. The Balaban J connectivity index is 1.44. The van der Waals surface area contributed by atoms with Crippen molar-refractivity contribution in [2.45, 2.75) is 13.5 Å². The number of nitrogens with zero attached hydrogens (tertiary/aromatic N) is 3. The van der Waals surface area contributed by atoms with Crippen LogP contribution < -0.4 is 5.32 Å². The van der Waals surface area contributed by atoms with Crippen LogP contribution in [0, 0.1) is 6.92 Å². The van der Waals surface area contributed by atoms with Crippen molar-refractivity contribution in [2.75, 3.05) is 0 Å². The van der Waals surface area contributed by atoms with Crippen LogP contribution in [-0.2, 0) is 6.54 Å². The Morgan fingerprint density at radius 2 is 1.88 bits per heavy atom. The molecule has 7 heteroatoms. The van der Waals surface area contributed by atoms with Crippen molar-refractivity contribution in [3.05, 3.63) is 65.4 Å². The molecule has 0 aliphatic heterocycles. The summed E-state index contributed by atoms with van der Waals surface area (Å²) in [4.78, 5) is 12.3. The second kappa shape index (κ2) is 6.20. The molecule has 1 amide bonds. The number of fused-ring (bicyclic) bond motifs is 1. The van der Waals surface area contributed by atoms with E-state index in [0.29, 0.717) is 22.5 Å². The fourth-order valence-electron chi connectivity index (χ4n) is 2.50. The topological polar surface area (TPSA) is 96.7 Å². The summed E-state index contributed by atoms with van der Waals surface area (Å²) >= 11 is 0. The third kappa shape index (κ3) is 3.12. The Kier molecular flexibility index (Phi) is 3.74. The Labute approximate surface area is 143 Å². The number of hydrogen-bond donors (Lipinski definition) is 2. The first-order valence-electron chi connectivity index (χ1n) is 7.80. The summed E-state index contributed by atoms with van der Waals surface area (Å²) in [5, 5.41) is 17.3. The Bertz CT molecular complexity index is 1030. The van der Waals surface area contributed by atoms with Crippen molar-refractivity contribution in [3.63, 3.8) is 0 Å². The average molecular weight is 333 g/mol. The van der Waals surface area contributed by atoms with E-state index in [1.165, 1.54) is 5.56 Å². The van der Waals surface area contributed by atoms with E-state index in [1.807, 2.05) is 37.3 Å². The van der Waals surface area contributed by atoms with Crippen LogP contribution in [-0.4, -0.2) is 26.5 Å². The van der Waals surface area contributed by atoms with Gasteiger partial charge in [-0.25, -0.2) is 0 Å². The highest BCUT2D eigenvalue weighted by atomic mass is 16.5. The molecule has 0 aliphatic carbocycles. The molecule has 0 unspecified atom stereocenters. The van der Waals surface area contributed by atoms with Gasteiger partial charge in [0.2, 0.25) is 0 Å². The van der Waals surface area contributed by atoms with Crippen LogP contribution in [0.2, 0.25) is 0 Å². The lowest BCUT2D eigenvalue weighted by atomic mass is 10.1. The van der Waals surface area contributed by atoms with Gasteiger partial charge >= 0.3 is 0 Å². The van der Waals surface area contributed by atoms with Gasteiger partial charge < -0.3 is 9.84 Å². The van der Waals surface area contributed by atoms with Crippen LogP contribution in [0.25, 0.3) is 22.4 Å². The van der Waals surface area contributed by atoms with Crippen molar-refractivity contribution in [1.82, 2.24) is 25.9 Å². The molecule has 0 aliphatic rings. The van der Waals surface area contributed by atoms with E-state index in [2.05, 4.69) is 25.9 Å². The van der Waals surface area contributed by atoms with E-state index in [9.17, 15) is 4.79 Å². The van der Waals surface area contributed by atoms with Gasteiger partial charge in [0.1, 0.15) is 16.7 Å². The van der Waals surface area contributed by atoms with E-state index >= 15 is 0 Å². The lowest BCUT2D eigenvalue weighted by molar-refractivity contribution is 0.0950. The van der Waals surface area contributed by atoms with Gasteiger partial charge in [-0.2, -0.15) is 15.4 Å². The number of amides is 1. The zero-order valence-electron chi connectivity index (χ0n) is 13.5. The van der Waals surface area contributed by atoms with Gasteiger partial charge in [-0.1, -0.05) is 35.0 Å². The molecule has 4 aromatic rings. The standard InChI is InChI=1S/C18H15N5O2/c1-11-2-4-12(5-3-11)17-9-14(22-25-17)10-19-18(24)13-6-7-15-16(8-13)21-23-20-15/h2-9H,10H2,1H3,(H,19,24)(H,20,21,23). The monoisotopic (exact) mass is 333 g/mol. The Hall–Kier alpha value is -3.48. The zero-order chi connectivity index (χ0) is 17.2. The quantitative estimate of drug-likeness (QED) is 0.598. The SMILES string of the molecule is Cc1ccc(-c2cc(CNC(=O)c3ccc4n[nH]nc4c3)no2)cc1. The highest BCUT2D eigenvalue weighted by molar-refractivity contribution is 5.97. The minimum absolute atomic E-state index is 0.204. The lowest BCUT2D eigenvalue weighted by Gasteiger charge is -2.02. The molecule has 25 heavy (non-hydrogen) atoms. The smallest absolute Gasteiger partial charge is 0.251 e. The predicted molar refractivity (Wildman–Crippen MR) is 91.7 cm³/mol. The first-order chi connectivity index (χ1) is 12.2. The summed E-state index contributed by atoms with van der Waals surface area (Å²) in [5.74, 6) is 0.470. The number of aryl methyl sites for hydroxylation is 1. The van der Waals surface area contributed by atoms with Gasteiger partial charge in [0.05, 0.1) is 6.54 Å². The van der Waals surface area contributed by atoms with E-state index < -0.39 is 0 Å². The van der Waals surface area contributed by atoms with E-state index in [-0.39, 0.29) is 12.5 Å². The molecular formula is C18H15N5O2. The lowest BCUT2D eigenvalue weighted by Crippen LogP contribution is -2.22. The number of H-pyrrole nitrogens is 1. The molecule has 0 radical (unpaired) electrons. The van der Waals surface area contributed by atoms with Crippen LogP contribution in [0.5, 0.6) is 0 Å². The summed E-state index contributed by atoms with van der Waals surface area (Å²) in [7, 11) is 0. The fraction of sp³-hybridized carbons (Fsp3) is 0.111. The third-order valence-electron chi connectivity index (χ3n) is 3.90. The predicted octanol–water partition coefficient (Wildman–Crippen LogP) is 2.85. The second-order valence-electron chi connectivity index (χ2n) is 5.76. The van der Waals surface area contributed by atoms with Crippen molar-refractivity contribution in [1.29, 1.82) is 0 Å². The number of aromatic nitrogens is 4. The van der Waals surface area contributed by atoms with Crippen molar-refractivity contribution < 1.29 is 9.32 Å². The minimum atomic E-state index is -0.204. The highest BCUT2D eigenvalue weighted by Crippen LogP contribution is 2.20. The summed E-state index contributed by atoms with van der Waals surface area (Å²) in [6.07, 6.45) is 0. The van der Waals surface area contributed by atoms with Crippen LogP contribution >= 0.6 is 0 Å². The molecule has 2 aromatic heterocycles. The molecule has 124 valence electrons. The van der Waals surface area contributed by atoms with Crippen LogP contribution in [0.15, 0.2) is 53.1 Å². The van der Waals surface area contributed by atoms with Crippen molar-refractivity contribution in [2.24, 2.45) is 0 Å². The zero-order valence-corrected chi connectivity index (χ0v) is 13.5. The van der Waals surface area contributed by atoms with Gasteiger partial charge in [0, 0.05) is 17.2 Å². The van der Waals surface area contributed by atoms with E-state index in [0.717, 1.165) is 11.1 Å². The van der Waals surface area contributed by atoms with Gasteiger partial charge in [-0.3, -0.25) is 4.79 Å². The van der Waals surface area contributed by atoms with Crippen LogP contribution in [0.3, 0.4) is 0 Å². The second-order valence-corrected chi connectivity index (χ2v) is 5.76. The molecule has 2 N–H and O–H groups in total. The molecule has 0 bridgehead atoms. The summed E-state index contributed by atoms with van der Waals surface area (Å²) in [5.41, 5.74) is 4.67. The number of carbonyl (C=O) groups excluding carboxylic acids is 1. The average Bonchev–Trinajstić information content (AvgIpc) is 3.29. The molecule has 0 atom stereocenters. The number of nitrogens with one attached hydrogen (secondary N) is 2. The van der Waals surface area contributed by atoms with Crippen molar-refractivity contribution >= 4 is 16.9 Å². The van der Waals surface area contributed by atoms with E-state index in [1.54, 1.807) is 18.2 Å². The highest BCUT2D eigenvalue weighted by Gasteiger charge is 2.11. The maximum absolute atomic E-state index is 12.3. The largest absolute Gasteiger partial charge is 0.356 e. The molecule has 7 nitrogen and oxygen atoms in total. The third-order valence-corrected chi connectivity index (χ3v) is 3.90.